The molecule has 2 rings (SSSR count). The fourth-order valence-electron chi connectivity index (χ4n) is 3.97. The first-order chi connectivity index (χ1) is 19.5. The second-order valence-corrected chi connectivity index (χ2v) is 10.1. The van der Waals surface area contributed by atoms with Crippen molar-refractivity contribution in [3.8, 4) is 0 Å². The summed E-state index contributed by atoms with van der Waals surface area (Å²) in [6.45, 7) is 7.43. The van der Waals surface area contributed by atoms with Crippen molar-refractivity contribution in [3.63, 3.8) is 0 Å². The number of nitrogens with zero attached hydrogens (tertiary/aromatic N) is 1. The van der Waals surface area contributed by atoms with Crippen molar-refractivity contribution < 1.29 is 28.7 Å². The largest absolute Gasteiger partial charge is 0.463 e. The summed E-state index contributed by atoms with van der Waals surface area (Å²) in [5, 5.41) is 8.28. The lowest BCUT2D eigenvalue weighted by atomic mass is 10.0. The Kier molecular flexibility index (Phi) is 13.2. The summed E-state index contributed by atoms with van der Waals surface area (Å²) >= 11 is 0. The summed E-state index contributed by atoms with van der Waals surface area (Å²) in [6, 6.07) is 6.41. The third-order valence-corrected chi connectivity index (χ3v) is 5.94. The average Bonchev–Trinajstić information content (AvgIpc) is 3.36. The topological polar surface area (TPSA) is 185 Å². The number of hydrogen-bond acceptors (Lipinski definition) is 7. The van der Waals surface area contributed by atoms with Gasteiger partial charge in [-0.2, -0.15) is 0 Å². The Hall–Kier alpha value is -4.48. The minimum atomic E-state index is -1.03. The van der Waals surface area contributed by atoms with Gasteiger partial charge < -0.3 is 31.4 Å². The molecule has 1 aromatic carbocycles. The molecule has 0 saturated heterocycles. The summed E-state index contributed by atoms with van der Waals surface area (Å²) in [7, 11) is 0. The molecule has 0 aliphatic heterocycles. The fraction of sp³-hybridized carbons (Fsp3) is 0.448. The summed E-state index contributed by atoms with van der Waals surface area (Å²) in [6.07, 6.45) is 4.68. The molecule has 0 saturated carbocycles. The molecule has 4 amide bonds. The number of aromatic amines is 1. The van der Waals surface area contributed by atoms with Crippen LogP contribution in [0.3, 0.4) is 0 Å². The van der Waals surface area contributed by atoms with E-state index >= 15 is 0 Å². The van der Waals surface area contributed by atoms with E-state index in [-0.39, 0.29) is 37.6 Å². The van der Waals surface area contributed by atoms with Gasteiger partial charge in [0.2, 0.25) is 17.7 Å². The third kappa shape index (κ3) is 12.1. The number of carbonyl (C=O) groups is 5. The van der Waals surface area contributed by atoms with Crippen molar-refractivity contribution in [1.82, 2.24) is 25.9 Å². The highest BCUT2D eigenvalue weighted by Crippen LogP contribution is 2.10. The van der Waals surface area contributed by atoms with Crippen LogP contribution >= 0.6 is 0 Å². The van der Waals surface area contributed by atoms with Crippen LogP contribution in [0, 0.1) is 12.8 Å². The Morgan fingerprint density at radius 2 is 1.71 bits per heavy atom. The van der Waals surface area contributed by atoms with Crippen molar-refractivity contribution in [2.24, 2.45) is 11.7 Å². The minimum absolute atomic E-state index is 0.0391. The molecule has 0 fully saturated rings. The second-order valence-electron chi connectivity index (χ2n) is 10.1. The smallest absolute Gasteiger partial charge is 0.330 e. The number of hydrogen-bond donors (Lipinski definition) is 5. The van der Waals surface area contributed by atoms with Crippen LogP contribution in [-0.2, 0) is 30.3 Å². The van der Waals surface area contributed by atoms with E-state index in [0.717, 1.165) is 5.56 Å². The molecule has 12 heteroatoms. The number of ether oxygens (including phenoxy) is 1. The quantitative estimate of drug-likeness (QED) is 0.150. The van der Waals surface area contributed by atoms with Crippen LogP contribution in [-0.4, -0.2) is 64.3 Å². The predicted octanol–water partition coefficient (Wildman–Crippen LogP) is 1.46. The van der Waals surface area contributed by atoms with Crippen molar-refractivity contribution in [2.75, 3.05) is 6.61 Å². The molecule has 1 heterocycles. The van der Waals surface area contributed by atoms with Gasteiger partial charge in [0.1, 0.15) is 12.1 Å². The third-order valence-electron chi connectivity index (χ3n) is 5.94. The maximum absolute atomic E-state index is 13.5. The molecule has 0 aliphatic carbocycles. The van der Waals surface area contributed by atoms with Crippen molar-refractivity contribution >= 4 is 29.6 Å². The van der Waals surface area contributed by atoms with Gasteiger partial charge in [-0.1, -0.05) is 50.3 Å². The van der Waals surface area contributed by atoms with E-state index in [1.165, 1.54) is 18.3 Å². The van der Waals surface area contributed by atoms with Gasteiger partial charge in [0.25, 0.3) is 5.91 Å². The van der Waals surface area contributed by atoms with Crippen LogP contribution in [0.25, 0.3) is 0 Å². The summed E-state index contributed by atoms with van der Waals surface area (Å²) in [4.78, 5) is 69.8. The fourth-order valence-corrected chi connectivity index (χ4v) is 3.97. The van der Waals surface area contributed by atoms with Gasteiger partial charge in [-0.05, 0) is 38.2 Å². The lowest BCUT2D eigenvalue weighted by Crippen LogP contribution is -2.55. The van der Waals surface area contributed by atoms with E-state index < -0.39 is 47.7 Å². The standard InChI is InChI=1S/C29H40N6O6/c1-5-41-25(37)14-12-21(11-13-24(30)36)33-27(38)23(16-20-9-7-6-8-10-20)34-28(39)22(15-18(2)3)35-29(40)26-31-17-19(4)32-26/h6-10,12,14,17-18,21-23H,5,11,13,15-16H2,1-4H3,(H2,30,36)(H,31,32)(H,33,38)(H,34,39)(H,35,40)/b14-12+. The highest BCUT2D eigenvalue weighted by atomic mass is 16.5. The number of imidazole rings is 1. The zero-order valence-electron chi connectivity index (χ0n) is 23.9. The molecule has 3 atom stereocenters. The molecule has 222 valence electrons. The number of H-pyrrole nitrogens is 1. The van der Waals surface area contributed by atoms with Crippen LogP contribution < -0.4 is 21.7 Å². The monoisotopic (exact) mass is 568 g/mol. The van der Waals surface area contributed by atoms with Crippen LogP contribution in [0.1, 0.15) is 61.9 Å². The number of nitrogens with two attached hydrogens (primary N) is 1. The van der Waals surface area contributed by atoms with Crippen LogP contribution in [0.15, 0.2) is 48.7 Å². The maximum Gasteiger partial charge on any atom is 0.330 e. The Balaban J connectivity index is 2.27. The van der Waals surface area contributed by atoms with Crippen LogP contribution in [0.2, 0.25) is 0 Å². The highest BCUT2D eigenvalue weighted by molar-refractivity contribution is 5.96. The molecule has 0 bridgehead atoms. The zero-order chi connectivity index (χ0) is 30.4. The lowest BCUT2D eigenvalue weighted by Gasteiger charge is -2.25. The average molecular weight is 569 g/mol. The molecule has 3 unspecified atom stereocenters. The van der Waals surface area contributed by atoms with Crippen molar-refractivity contribution in [2.45, 2.75) is 71.5 Å². The van der Waals surface area contributed by atoms with Gasteiger partial charge in [-0.25, -0.2) is 9.78 Å². The number of carbonyl (C=O) groups excluding carboxylic acids is 5. The van der Waals surface area contributed by atoms with Gasteiger partial charge in [0, 0.05) is 36.9 Å². The van der Waals surface area contributed by atoms with Gasteiger partial charge in [-0.15, -0.1) is 0 Å². The number of rotatable bonds is 16. The first-order valence-corrected chi connectivity index (χ1v) is 13.6. The zero-order valence-corrected chi connectivity index (χ0v) is 23.9. The number of aromatic nitrogens is 2. The molecule has 0 spiro atoms. The first kappa shape index (κ1) is 32.7. The Morgan fingerprint density at radius 3 is 2.29 bits per heavy atom. The van der Waals surface area contributed by atoms with E-state index in [1.54, 1.807) is 13.8 Å². The van der Waals surface area contributed by atoms with Gasteiger partial charge in [-0.3, -0.25) is 19.2 Å². The lowest BCUT2D eigenvalue weighted by molar-refractivity contribution is -0.137. The minimum Gasteiger partial charge on any atom is -0.463 e. The van der Waals surface area contributed by atoms with E-state index in [2.05, 4.69) is 25.9 Å². The van der Waals surface area contributed by atoms with E-state index in [0.29, 0.717) is 12.1 Å². The van der Waals surface area contributed by atoms with E-state index in [9.17, 15) is 24.0 Å². The Labute approximate surface area is 239 Å². The van der Waals surface area contributed by atoms with Gasteiger partial charge in [0.05, 0.1) is 6.61 Å². The van der Waals surface area contributed by atoms with Crippen molar-refractivity contribution in [1.29, 1.82) is 0 Å². The number of primary amides is 1. The number of esters is 1. The maximum atomic E-state index is 13.5. The molecule has 12 nitrogen and oxygen atoms in total. The number of aryl methyl sites for hydroxylation is 1. The molecule has 6 N–H and O–H groups in total. The SMILES string of the molecule is CCOC(=O)/C=C/C(CCC(N)=O)NC(=O)C(Cc1ccccc1)NC(=O)C(CC(C)C)NC(=O)c1ncc(C)[nH]1. The Bertz CT molecular complexity index is 1210. The highest BCUT2D eigenvalue weighted by Gasteiger charge is 2.29. The van der Waals surface area contributed by atoms with Gasteiger partial charge >= 0.3 is 5.97 Å². The van der Waals surface area contributed by atoms with Crippen molar-refractivity contribution in [3.05, 3.63) is 65.8 Å². The van der Waals surface area contributed by atoms with Crippen LogP contribution in [0.5, 0.6) is 0 Å². The Morgan fingerprint density at radius 1 is 1.02 bits per heavy atom. The predicted molar refractivity (Wildman–Crippen MR) is 152 cm³/mol. The molecular weight excluding hydrogens is 528 g/mol. The molecule has 0 radical (unpaired) electrons. The van der Waals surface area contributed by atoms with Crippen LogP contribution in [0.4, 0.5) is 0 Å². The molecule has 41 heavy (non-hydrogen) atoms. The van der Waals surface area contributed by atoms with E-state index in [4.69, 9.17) is 10.5 Å². The molecule has 2 aromatic rings. The number of nitrogens with one attached hydrogen (secondary N) is 4. The van der Waals surface area contributed by atoms with Gasteiger partial charge in [0.15, 0.2) is 5.82 Å². The molecular formula is C29H40N6O6. The normalized spacial score (nSPS) is 13.3. The summed E-state index contributed by atoms with van der Waals surface area (Å²) < 4.78 is 4.90. The molecule has 1 aromatic heterocycles. The number of amides is 4. The summed E-state index contributed by atoms with van der Waals surface area (Å²) in [5.41, 5.74) is 6.78. The van der Waals surface area contributed by atoms with E-state index in [1.807, 2.05) is 44.2 Å². The summed E-state index contributed by atoms with van der Waals surface area (Å²) in [5.74, 6) is -2.66. The second kappa shape index (κ2) is 16.6. The first-order valence-electron chi connectivity index (χ1n) is 13.6. The molecule has 0 aliphatic rings. The number of benzene rings is 1.